The number of aromatic nitrogens is 6. The van der Waals surface area contributed by atoms with Crippen molar-refractivity contribution in [2.75, 3.05) is 5.32 Å². The van der Waals surface area contributed by atoms with Crippen LogP contribution in [0.3, 0.4) is 0 Å². The standard InChI is InChI=1S/C12H10F3N7O/c13-12(14,15)2-5-21-4-1-8(19-21)10(23)18-11-17-9-7-16-3-6-22(9)20-11/h1,3-4,6-7H,2,5H2,(H,18,20,23). The summed E-state index contributed by atoms with van der Waals surface area (Å²) in [6, 6.07) is 1.32. The molecule has 0 bridgehead atoms. The Hall–Kier alpha value is -2.98. The van der Waals surface area contributed by atoms with E-state index >= 15 is 0 Å². The van der Waals surface area contributed by atoms with Crippen molar-refractivity contribution >= 4 is 17.5 Å². The van der Waals surface area contributed by atoms with E-state index in [4.69, 9.17) is 0 Å². The van der Waals surface area contributed by atoms with E-state index in [1.165, 1.54) is 29.2 Å². The summed E-state index contributed by atoms with van der Waals surface area (Å²) < 4.78 is 38.9. The molecule has 0 saturated carbocycles. The third-order valence-electron chi connectivity index (χ3n) is 2.86. The normalized spacial score (nSPS) is 11.8. The van der Waals surface area contributed by atoms with Crippen molar-refractivity contribution in [3.8, 4) is 0 Å². The molecule has 23 heavy (non-hydrogen) atoms. The van der Waals surface area contributed by atoms with Gasteiger partial charge in [0, 0.05) is 25.1 Å². The number of carbonyl (C=O) groups excluding carboxylic acids is 1. The highest BCUT2D eigenvalue weighted by molar-refractivity contribution is 6.01. The number of nitrogens with one attached hydrogen (secondary N) is 1. The highest BCUT2D eigenvalue weighted by atomic mass is 19.4. The maximum Gasteiger partial charge on any atom is 0.390 e. The van der Waals surface area contributed by atoms with Gasteiger partial charge in [-0.25, -0.2) is 4.52 Å². The lowest BCUT2D eigenvalue weighted by Gasteiger charge is -2.05. The summed E-state index contributed by atoms with van der Waals surface area (Å²) in [4.78, 5) is 19.9. The average Bonchev–Trinajstić information content (AvgIpc) is 3.10. The quantitative estimate of drug-likeness (QED) is 0.785. The highest BCUT2D eigenvalue weighted by Gasteiger charge is 2.27. The zero-order chi connectivity index (χ0) is 16.4. The second kappa shape index (κ2) is 5.66. The number of halogens is 3. The zero-order valence-electron chi connectivity index (χ0n) is 11.5. The number of alkyl halides is 3. The number of hydrogen-bond acceptors (Lipinski definition) is 5. The Morgan fingerprint density at radius 2 is 2.09 bits per heavy atom. The molecular weight excluding hydrogens is 315 g/mol. The largest absolute Gasteiger partial charge is 0.390 e. The number of amides is 1. The molecule has 0 aliphatic heterocycles. The van der Waals surface area contributed by atoms with Gasteiger partial charge in [-0.05, 0) is 6.07 Å². The van der Waals surface area contributed by atoms with Crippen molar-refractivity contribution in [2.45, 2.75) is 19.1 Å². The number of hydrogen-bond donors (Lipinski definition) is 1. The molecule has 8 nitrogen and oxygen atoms in total. The molecule has 3 aromatic rings. The van der Waals surface area contributed by atoms with Crippen molar-refractivity contribution in [1.29, 1.82) is 0 Å². The average molecular weight is 325 g/mol. The Bertz CT molecular complexity index is 805. The smallest absolute Gasteiger partial charge is 0.288 e. The van der Waals surface area contributed by atoms with Gasteiger partial charge in [-0.3, -0.25) is 19.8 Å². The first-order chi connectivity index (χ1) is 10.9. The van der Waals surface area contributed by atoms with Gasteiger partial charge in [-0.1, -0.05) is 0 Å². The molecule has 0 aromatic carbocycles. The predicted molar refractivity (Wildman–Crippen MR) is 71.6 cm³/mol. The van der Waals surface area contributed by atoms with Crippen LogP contribution in [0.2, 0.25) is 0 Å². The molecular formula is C12H10F3N7O. The number of fused-ring (bicyclic) bond motifs is 1. The lowest BCUT2D eigenvalue weighted by atomic mass is 10.4. The highest BCUT2D eigenvalue weighted by Crippen LogP contribution is 2.20. The van der Waals surface area contributed by atoms with Crippen LogP contribution in [-0.2, 0) is 6.54 Å². The molecule has 3 aromatic heterocycles. The van der Waals surface area contributed by atoms with E-state index in [1.54, 1.807) is 6.20 Å². The molecule has 0 aliphatic rings. The molecule has 0 radical (unpaired) electrons. The molecule has 0 saturated heterocycles. The van der Waals surface area contributed by atoms with E-state index in [-0.39, 0.29) is 18.2 Å². The summed E-state index contributed by atoms with van der Waals surface area (Å²) in [5.41, 5.74) is 0.419. The molecule has 0 fully saturated rings. The first-order valence-electron chi connectivity index (χ1n) is 6.49. The zero-order valence-corrected chi connectivity index (χ0v) is 11.5. The Balaban J connectivity index is 1.67. The maximum atomic E-state index is 12.2. The Morgan fingerprint density at radius 3 is 2.83 bits per heavy atom. The molecule has 0 unspecified atom stereocenters. The Morgan fingerprint density at radius 1 is 1.26 bits per heavy atom. The molecule has 0 atom stereocenters. The monoisotopic (exact) mass is 325 g/mol. The van der Waals surface area contributed by atoms with E-state index in [0.717, 1.165) is 4.68 Å². The number of anilines is 1. The van der Waals surface area contributed by atoms with Gasteiger partial charge in [0.25, 0.3) is 5.91 Å². The topological polar surface area (TPSA) is 90.0 Å². The predicted octanol–water partition coefficient (Wildman–Crippen LogP) is 1.53. The molecule has 3 heterocycles. The molecule has 11 heteroatoms. The first-order valence-corrected chi connectivity index (χ1v) is 6.49. The summed E-state index contributed by atoms with van der Waals surface area (Å²) in [6.45, 7) is -0.352. The van der Waals surface area contributed by atoms with Gasteiger partial charge in [-0.15, -0.1) is 5.10 Å². The van der Waals surface area contributed by atoms with E-state index < -0.39 is 18.5 Å². The summed E-state index contributed by atoms with van der Waals surface area (Å²) in [5.74, 6) is -0.563. The maximum absolute atomic E-state index is 12.2. The third-order valence-corrected chi connectivity index (χ3v) is 2.86. The summed E-state index contributed by atoms with van der Waals surface area (Å²) in [7, 11) is 0. The number of aryl methyl sites for hydroxylation is 1. The SMILES string of the molecule is O=C(Nc1nc2cnccn2n1)c1ccn(CCC(F)(F)F)n1. The van der Waals surface area contributed by atoms with Gasteiger partial charge in [0.15, 0.2) is 11.3 Å². The van der Waals surface area contributed by atoms with E-state index in [2.05, 4.69) is 25.5 Å². The second-order valence-electron chi connectivity index (χ2n) is 4.60. The van der Waals surface area contributed by atoms with Gasteiger partial charge in [0.05, 0.1) is 12.6 Å². The Kier molecular flexibility index (Phi) is 3.68. The summed E-state index contributed by atoms with van der Waals surface area (Å²) in [6.07, 6.45) is 0.551. The fourth-order valence-electron chi connectivity index (χ4n) is 1.81. The number of nitrogens with zero attached hydrogens (tertiary/aromatic N) is 6. The van der Waals surface area contributed by atoms with Gasteiger partial charge in [0.2, 0.25) is 5.95 Å². The van der Waals surface area contributed by atoms with Crippen LogP contribution >= 0.6 is 0 Å². The lowest BCUT2D eigenvalue weighted by Crippen LogP contribution is -2.16. The molecule has 0 aliphatic carbocycles. The van der Waals surface area contributed by atoms with E-state index in [9.17, 15) is 18.0 Å². The van der Waals surface area contributed by atoms with Crippen LogP contribution in [0.1, 0.15) is 16.9 Å². The minimum absolute atomic E-state index is 0.0239. The molecule has 3 rings (SSSR count). The molecule has 1 N–H and O–H groups in total. The van der Waals surface area contributed by atoms with E-state index in [0.29, 0.717) is 5.65 Å². The summed E-state index contributed by atoms with van der Waals surface area (Å²) in [5, 5.41) is 10.2. The van der Waals surface area contributed by atoms with Crippen molar-refractivity contribution < 1.29 is 18.0 Å². The van der Waals surface area contributed by atoms with E-state index in [1.807, 2.05) is 0 Å². The van der Waals surface area contributed by atoms with Crippen LogP contribution in [-0.4, -0.2) is 41.4 Å². The lowest BCUT2D eigenvalue weighted by molar-refractivity contribution is -0.137. The minimum atomic E-state index is -4.27. The van der Waals surface area contributed by atoms with Gasteiger partial charge >= 0.3 is 6.18 Å². The first kappa shape index (κ1) is 14.9. The van der Waals surface area contributed by atoms with Crippen LogP contribution in [0.5, 0.6) is 0 Å². The van der Waals surface area contributed by atoms with Crippen LogP contribution in [0, 0.1) is 0 Å². The minimum Gasteiger partial charge on any atom is -0.288 e. The Labute approximate surface area is 127 Å². The fourth-order valence-corrected chi connectivity index (χ4v) is 1.81. The molecule has 120 valence electrons. The van der Waals surface area contributed by atoms with Gasteiger partial charge in [0.1, 0.15) is 0 Å². The van der Waals surface area contributed by atoms with Crippen molar-refractivity contribution in [3.63, 3.8) is 0 Å². The molecule has 1 amide bonds. The second-order valence-corrected chi connectivity index (χ2v) is 4.60. The summed E-state index contributed by atoms with van der Waals surface area (Å²) >= 11 is 0. The van der Waals surface area contributed by atoms with Crippen LogP contribution < -0.4 is 5.32 Å². The fraction of sp³-hybridized carbons (Fsp3) is 0.250. The van der Waals surface area contributed by atoms with Crippen molar-refractivity contribution in [2.24, 2.45) is 0 Å². The number of carbonyl (C=O) groups is 1. The van der Waals surface area contributed by atoms with Gasteiger partial charge in [-0.2, -0.15) is 23.3 Å². The van der Waals surface area contributed by atoms with Crippen molar-refractivity contribution in [1.82, 2.24) is 29.4 Å². The van der Waals surface area contributed by atoms with Crippen LogP contribution in [0.15, 0.2) is 30.9 Å². The van der Waals surface area contributed by atoms with Crippen LogP contribution in [0.4, 0.5) is 19.1 Å². The van der Waals surface area contributed by atoms with Gasteiger partial charge < -0.3 is 0 Å². The van der Waals surface area contributed by atoms with Crippen LogP contribution in [0.25, 0.3) is 5.65 Å². The number of rotatable bonds is 4. The molecule has 0 spiro atoms. The van der Waals surface area contributed by atoms with Crippen molar-refractivity contribution in [3.05, 3.63) is 36.5 Å². The third kappa shape index (κ3) is 3.62.